The molecule has 0 radical (unpaired) electrons. The number of hydrogen-bond donors (Lipinski definition) is 12. The van der Waals surface area contributed by atoms with Crippen molar-refractivity contribution in [1.82, 2.24) is 5.32 Å². The first-order chi connectivity index (χ1) is 36.3. The highest BCUT2D eigenvalue weighted by Crippen LogP contribution is 2.33. The number of rotatable bonds is 44. The second kappa shape index (κ2) is 40.9. The van der Waals surface area contributed by atoms with Gasteiger partial charge in [0.15, 0.2) is 18.9 Å². The van der Waals surface area contributed by atoms with Crippen molar-refractivity contribution in [3.8, 4) is 0 Å². The molecule has 75 heavy (non-hydrogen) atoms. The molecule has 0 bridgehead atoms. The van der Waals surface area contributed by atoms with E-state index in [9.17, 15) is 61.0 Å². The topological polar surface area (TPSA) is 307 Å². The van der Waals surface area contributed by atoms with Crippen molar-refractivity contribution < 1.29 is 89.4 Å². The van der Waals surface area contributed by atoms with Crippen LogP contribution in [0.25, 0.3) is 0 Å². The summed E-state index contributed by atoms with van der Waals surface area (Å²) in [6.07, 6.45) is 11.3. The quantitative estimate of drug-likeness (QED) is 0.0364. The number of nitrogens with one attached hydrogen (secondary N) is 1. The molecule has 0 saturated carbocycles. The molecule has 3 saturated heterocycles. The average Bonchev–Trinajstić information content (AvgIpc) is 3.40. The lowest BCUT2D eigenvalue weighted by molar-refractivity contribution is -0.379. The van der Waals surface area contributed by atoms with Crippen LogP contribution in [0.5, 0.6) is 0 Å². The number of ether oxygens (including phenoxy) is 6. The Morgan fingerprint density at radius 1 is 0.427 bits per heavy atom. The highest BCUT2D eigenvalue weighted by Gasteiger charge is 2.53. The van der Waals surface area contributed by atoms with E-state index in [1.165, 1.54) is 135 Å². The third kappa shape index (κ3) is 25.4. The molecule has 19 nitrogen and oxygen atoms in total. The number of hydrogen-bond acceptors (Lipinski definition) is 18. The van der Waals surface area contributed by atoms with Gasteiger partial charge < -0.3 is 89.9 Å². The van der Waals surface area contributed by atoms with E-state index in [-0.39, 0.29) is 18.9 Å². The van der Waals surface area contributed by atoms with Gasteiger partial charge in [-0.3, -0.25) is 4.79 Å². The number of aliphatic hydroxyl groups is 11. The van der Waals surface area contributed by atoms with Gasteiger partial charge in [0.05, 0.1) is 38.6 Å². The lowest BCUT2D eigenvalue weighted by Crippen LogP contribution is -2.66. The van der Waals surface area contributed by atoms with Crippen LogP contribution in [0.15, 0.2) is 0 Å². The smallest absolute Gasteiger partial charge is 0.220 e. The first-order valence-corrected chi connectivity index (χ1v) is 29.8. The minimum absolute atomic E-state index is 0.254. The molecule has 444 valence electrons. The summed E-state index contributed by atoms with van der Waals surface area (Å²) >= 11 is 0. The molecule has 1 amide bonds. The summed E-state index contributed by atoms with van der Waals surface area (Å²) < 4.78 is 34.1. The highest BCUT2D eigenvalue weighted by atomic mass is 16.8. The Morgan fingerprint density at radius 3 is 1.16 bits per heavy atom. The molecule has 3 aliphatic heterocycles. The van der Waals surface area contributed by atoms with Crippen LogP contribution >= 0.6 is 0 Å². The lowest BCUT2D eigenvalue weighted by Gasteiger charge is -2.48. The summed E-state index contributed by atoms with van der Waals surface area (Å²) in [7, 11) is 0. The van der Waals surface area contributed by atoms with E-state index in [0.717, 1.165) is 51.4 Å². The second-order valence-corrected chi connectivity index (χ2v) is 21.8. The van der Waals surface area contributed by atoms with Crippen LogP contribution in [-0.2, 0) is 33.2 Å². The molecule has 3 rings (SSSR count). The summed E-state index contributed by atoms with van der Waals surface area (Å²) in [5.74, 6) is -0.254. The van der Waals surface area contributed by atoms with Crippen LogP contribution in [0.2, 0.25) is 0 Å². The van der Waals surface area contributed by atoms with Crippen molar-refractivity contribution in [3.63, 3.8) is 0 Å². The van der Waals surface area contributed by atoms with Crippen molar-refractivity contribution in [2.24, 2.45) is 0 Å². The van der Waals surface area contributed by atoms with Gasteiger partial charge in [0.1, 0.15) is 73.2 Å². The van der Waals surface area contributed by atoms with Crippen molar-refractivity contribution >= 4 is 5.91 Å². The number of carbonyl (C=O) groups excluding carboxylic acids is 1. The molecule has 17 atom stereocenters. The van der Waals surface area contributed by atoms with Crippen LogP contribution in [0.1, 0.15) is 219 Å². The minimum Gasteiger partial charge on any atom is -0.394 e. The monoisotopic (exact) mass is 1080 g/mol. The molecule has 0 aromatic rings. The number of amides is 1. The van der Waals surface area contributed by atoms with Crippen molar-refractivity contribution in [1.29, 1.82) is 0 Å². The zero-order valence-electron chi connectivity index (χ0n) is 46.0. The maximum absolute atomic E-state index is 13.1. The first kappa shape index (κ1) is 68.1. The standard InChI is InChI=1S/C56H107NO18/c1-3-5-7-9-10-11-12-13-14-15-16-17-18-19-20-21-22-23-24-25-26-27-28-30-31-33-40(61)39(57-44(62)34-32-29-8-6-4-2)38-70-54-50(68)47(65)52(42(36-59)72-54)75-56-51(69)48(66)53(43(37-60)73-56)74-55-49(67)46(64)45(63)41(35-58)71-55/h39-43,45-56,58-61,63-69H,3-38H2,1-2H3,(H,57,62). The van der Waals surface area contributed by atoms with Crippen LogP contribution in [-0.4, -0.2) is 193 Å². The Bertz CT molecular complexity index is 1390. The zero-order chi connectivity index (χ0) is 54.8. The Morgan fingerprint density at radius 2 is 0.760 bits per heavy atom. The largest absolute Gasteiger partial charge is 0.394 e. The van der Waals surface area contributed by atoms with Crippen molar-refractivity contribution in [3.05, 3.63) is 0 Å². The first-order valence-electron chi connectivity index (χ1n) is 29.8. The normalized spacial score (nSPS) is 31.1. The SMILES string of the molecule is CCCCCCCCCCCCCCCCCCCCCCCCCCCC(O)C(COC1OC(CO)C(OC2OC(CO)C(OC3OC(CO)C(O)C(O)C3O)C(O)C2O)C(O)C1O)NC(=O)CCCCCCC. The lowest BCUT2D eigenvalue weighted by atomic mass is 9.96. The molecule has 0 spiro atoms. The molecule has 3 fully saturated rings. The molecule has 17 unspecified atom stereocenters. The molecule has 0 aliphatic carbocycles. The van der Waals surface area contributed by atoms with E-state index in [0.29, 0.717) is 12.8 Å². The minimum atomic E-state index is -1.97. The van der Waals surface area contributed by atoms with E-state index < -0.39 is 124 Å². The molecular weight excluding hydrogens is 975 g/mol. The van der Waals surface area contributed by atoms with Gasteiger partial charge in [-0.25, -0.2) is 0 Å². The fraction of sp³-hybridized carbons (Fsp3) is 0.982. The van der Waals surface area contributed by atoms with E-state index in [1.54, 1.807) is 0 Å². The van der Waals surface area contributed by atoms with Gasteiger partial charge in [0.2, 0.25) is 5.91 Å². The highest BCUT2D eigenvalue weighted by molar-refractivity contribution is 5.76. The Balaban J connectivity index is 1.38. The maximum Gasteiger partial charge on any atom is 0.220 e. The predicted molar refractivity (Wildman–Crippen MR) is 282 cm³/mol. The van der Waals surface area contributed by atoms with Crippen LogP contribution < -0.4 is 5.32 Å². The Labute approximate surface area is 449 Å². The second-order valence-electron chi connectivity index (χ2n) is 21.8. The summed E-state index contributed by atoms with van der Waals surface area (Å²) in [6.45, 7) is 1.70. The van der Waals surface area contributed by atoms with E-state index in [1.807, 2.05) is 0 Å². The third-order valence-corrected chi connectivity index (χ3v) is 15.4. The molecule has 3 heterocycles. The van der Waals surface area contributed by atoms with E-state index in [4.69, 9.17) is 28.4 Å². The zero-order valence-corrected chi connectivity index (χ0v) is 46.0. The van der Waals surface area contributed by atoms with Crippen LogP contribution in [0, 0.1) is 0 Å². The summed E-state index contributed by atoms with van der Waals surface area (Å²) in [5, 5.41) is 120. The Hall–Kier alpha value is -1.21. The van der Waals surface area contributed by atoms with Crippen molar-refractivity contribution in [2.75, 3.05) is 26.4 Å². The maximum atomic E-state index is 13.1. The molecule has 0 aromatic carbocycles. The van der Waals surface area contributed by atoms with Gasteiger partial charge in [0.25, 0.3) is 0 Å². The molecule has 3 aliphatic rings. The summed E-state index contributed by atoms with van der Waals surface area (Å²) in [6, 6.07) is -0.877. The molecular formula is C56H107NO18. The summed E-state index contributed by atoms with van der Waals surface area (Å²) in [4.78, 5) is 13.1. The average molecular weight is 1080 g/mol. The Kier molecular flexibility index (Phi) is 37.1. The van der Waals surface area contributed by atoms with Gasteiger partial charge in [-0.15, -0.1) is 0 Å². The fourth-order valence-corrected chi connectivity index (χ4v) is 10.5. The van der Waals surface area contributed by atoms with Gasteiger partial charge in [0, 0.05) is 6.42 Å². The summed E-state index contributed by atoms with van der Waals surface area (Å²) in [5.41, 5.74) is 0. The number of aliphatic hydroxyl groups excluding tert-OH is 11. The number of carbonyl (C=O) groups is 1. The molecule has 12 N–H and O–H groups in total. The van der Waals surface area contributed by atoms with Gasteiger partial charge >= 0.3 is 0 Å². The van der Waals surface area contributed by atoms with Gasteiger partial charge in [-0.1, -0.05) is 200 Å². The third-order valence-electron chi connectivity index (χ3n) is 15.4. The predicted octanol–water partition coefficient (Wildman–Crippen LogP) is 4.82. The van der Waals surface area contributed by atoms with Gasteiger partial charge in [-0.05, 0) is 12.8 Å². The van der Waals surface area contributed by atoms with Crippen LogP contribution in [0.4, 0.5) is 0 Å². The fourth-order valence-electron chi connectivity index (χ4n) is 10.5. The van der Waals surface area contributed by atoms with Gasteiger partial charge in [-0.2, -0.15) is 0 Å². The molecule has 19 heteroatoms. The number of unbranched alkanes of at least 4 members (excludes halogenated alkanes) is 28. The molecule has 0 aromatic heterocycles. The van der Waals surface area contributed by atoms with E-state index in [2.05, 4.69) is 19.2 Å². The van der Waals surface area contributed by atoms with Crippen LogP contribution in [0.3, 0.4) is 0 Å². The van der Waals surface area contributed by atoms with E-state index >= 15 is 0 Å². The van der Waals surface area contributed by atoms with Crippen molar-refractivity contribution in [2.45, 2.75) is 324 Å².